The van der Waals surface area contributed by atoms with E-state index in [1.165, 1.54) is 6.33 Å². The van der Waals surface area contributed by atoms with Crippen LogP contribution in [0.15, 0.2) is 12.4 Å². The predicted molar refractivity (Wildman–Crippen MR) is 69.1 cm³/mol. The van der Waals surface area contributed by atoms with Crippen LogP contribution in [0, 0.1) is 5.92 Å². The van der Waals surface area contributed by atoms with Crippen molar-refractivity contribution in [3.63, 3.8) is 0 Å². The molecule has 0 saturated carbocycles. The molecule has 0 amide bonds. The quantitative estimate of drug-likeness (QED) is 0.788. The molecule has 0 radical (unpaired) electrons. The second-order valence-electron chi connectivity index (χ2n) is 4.70. The van der Waals surface area contributed by atoms with Crippen LogP contribution in [-0.2, 0) is 0 Å². The maximum absolute atomic E-state index is 5.95. The molecule has 5 heteroatoms. The van der Waals surface area contributed by atoms with Gasteiger partial charge in [-0.15, -0.1) is 0 Å². The molecule has 5 nitrogen and oxygen atoms in total. The molecule has 0 bridgehead atoms. The lowest BCUT2D eigenvalue weighted by atomic mass is 10.1. The van der Waals surface area contributed by atoms with Crippen molar-refractivity contribution in [1.29, 1.82) is 0 Å². The molecule has 1 heterocycles. The molecule has 1 atom stereocenters. The van der Waals surface area contributed by atoms with Crippen molar-refractivity contribution >= 4 is 5.82 Å². The number of anilines is 1. The zero-order valence-corrected chi connectivity index (χ0v) is 11.0. The number of nitrogens with one attached hydrogen (secondary N) is 1. The van der Waals surface area contributed by atoms with Crippen molar-refractivity contribution < 1.29 is 4.74 Å². The van der Waals surface area contributed by atoms with Gasteiger partial charge in [-0.3, -0.25) is 0 Å². The molecule has 17 heavy (non-hydrogen) atoms. The van der Waals surface area contributed by atoms with Gasteiger partial charge in [-0.25, -0.2) is 9.97 Å². The van der Waals surface area contributed by atoms with Gasteiger partial charge in [0.1, 0.15) is 12.1 Å². The average molecular weight is 238 g/mol. The van der Waals surface area contributed by atoms with Gasteiger partial charge in [0.05, 0.1) is 6.10 Å². The van der Waals surface area contributed by atoms with E-state index in [9.17, 15) is 0 Å². The number of hydrogen-bond acceptors (Lipinski definition) is 5. The van der Waals surface area contributed by atoms with Gasteiger partial charge in [-0.1, -0.05) is 13.8 Å². The van der Waals surface area contributed by atoms with Crippen LogP contribution in [0.5, 0.6) is 5.88 Å². The van der Waals surface area contributed by atoms with Crippen molar-refractivity contribution in [2.24, 2.45) is 11.7 Å². The SMILES string of the molecule is CC(C)Oc1cc(NCC(N)C(C)C)ncn1. The fraction of sp³-hybridized carbons (Fsp3) is 0.667. The average Bonchev–Trinajstić information content (AvgIpc) is 2.25. The minimum absolute atomic E-state index is 0.107. The van der Waals surface area contributed by atoms with Crippen LogP contribution in [0.4, 0.5) is 5.82 Å². The number of hydrogen-bond donors (Lipinski definition) is 2. The van der Waals surface area contributed by atoms with Crippen molar-refractivity contribution in [3.8, 4) is 5.88 Å². The second kappa shape index (κ2) is 6.39. The topological polar surface area (TPSA) is 73.1 Å². The van der Waals surface area contributed by atoms with Crippen LogP contribution < -0.4 is 15.8 Å². The molecule has 3 N–H and O–H groups in total. The lowest BCUT2D eigenvalue weighted by molar-refractivity contribution is 0.232. The molecule has 1 aromatic heterocycles. The highest BCUT2D eigenvalue weighted by molar-refractivity contribution is 5.37. The first-order valence-electron chi connectivity index (χ1n) is 5.97. The summed E-state index contributed by atoms with van der Waals surface area (Å²) < 4.78 is 5.49. The smallest absolute Gasteiger partial charge is 0.218 e. The lowest BCUT2D eigenvalue weighted by Gasteiger charge is -2.16. The van der Waals surface area contributed by atoms with Crippen LogP contribution in [0.25, 0.3) is 0 Å². The summed E-state index contributed by atoms with van der Waals surface area (Å²) in [4.78, 5) is 8.16. The molecule has 0 fully saturated rings. The Bertz CT molecular complexity index is 341. The molecule has 0 spiro atoms. The van der Waals surface area contributed by atoms with E-state index >= 15 is 0 Å². The molecular formula is C12H22N4O. The van der Waals surface area contributed by atoms with E-state index in [0.29, 0.717) is 18.3 Å². The van der Waals surface area contributed by atoms with Gasteiger partial charge in [0.2, 0.25) is 5.88 Å². The Hall–Kier alpha value is -1.36. The highest BCUT2D eigenvalue weighted by Crippen LogP contribution is 2.12. The summed E-state index contributed by atoms with van der Waals surface area (Å²) in [6.07, 6.45) is 1.59. The summed E-state index contributed by atoms with van der Waals surface area (Å²) in [5.74, 6) is 1.76. The van der Waals surface area contributed by atoms with E-state index < -0.39 is 0 Å². The highest BCUT2D eigenvalue weighted by atomic mass is 16.5. The first kappa shape index (κ1) is 13.7. The third-order valence-electron chi connectivity index (χ3n) is 2.37. The normalized spacial score (nSPS) is 12.9. The third-order valence-corrected chi connectivity index (χ3v) is 2.37. The molecule has 0 aromatic carbocycles. The molecule has 1 unspecified atom stereocenters. The van der Waals surface area contributed by atoms with Gasteiger partial charge >= 0.3 is 0 Å². The molecule has 96 valence electrons. The van der Waals surface area contributed by atoms with Gasteiger partial charge in [0, 0.05) is 18.7 Å². The standard InChI is InChI=1S/C12H22N4O/c1-8(2)10(13)6-14-11-5-12(16-7-15-11)17-9(3)4/h5,7-10H,6,13H2,1-4H3,(H,14,15,16). The van der Waals surface area contributed by atoms with Gasteiger partial charge < -0.3 is 15.8 Å². The van der Waals surface area contributed by atoms with Crippen molar-refractivity contribution in [1.82, 2.24) is 9.97 Å². The van der Waals surface area contributed by atoms with E-state index in [1.807, 2.05) is 13.8 Å². The summed E-state index contributed by atoms with van der Waals surface area (Å²) in [6, 6.07) is 1.90. The predicted octanol–water partition coefficient (Wildman–Crippen LogP) is 1.66. The highest BCUT2D eigenvalue weighted by Gasteiger charge is 2.08. The maximum Gasteiger partial charge on any atom is 0.218 e. The van der Waals surface area contributed by atoms with Gasteiger partial charge in [-0.2, -0.15) is 0 Å². The Morgan fingerprint density at radius 3 is 2.59 bits per heavy atom. The van der Waals surface area contributed by atoms with E-state index in [0.717, 1.165) is 5.82 Å². The minimum Gasteiger partial charge on any atom is -0.475 e. The zero-order valence-electron chi connectivity index (χ0n) is 11.0. The molecule has 1 aromatic rings. The van der Waals surface area contributed by atoms with E-state index in [-0.39, 0.29) is 12.1 Å². The Balaban J connectivity index is 2.54. The zero-order chi connectivity index (χ0) is 12.8. The van der Waals surface area contributed by atoms with E-state index in [2.05, 4.69) is 29.1 Å². The summed E-state index contributed by atoms with van der Waals surface area (Å²) in [5, 5.41) is 3.18. The molecule has 1 rings (SSSR count). The van der Waals surface area contributed by atoms with Crippen LogP contribution >= 0.6 is 0 Å². The van der Waals surface area contributed by atoms with Crippen LogP contribution in [-0.4, -0.2) is 28.7 Å². The summed E-state index contributed by atoms with van der Waals surface area (Å²) in [7, 11) is 0. The van der Waals surface area contributed by atoms with E-state index in [4.69, 9.17) is 10.5 Å². The number of nitrogens with two attached hydrogens (primary N) is 1. The van der Waals surface area contributed by atoms with Crippen molar-refractivity contribution in [2.45, 2.75) is 39.8 Å². The summed E-state index contributed by atoms with van der Waals surface area (Å²) in [6.45, 7) is 8.81. The van der Waals surface area contributed by atoms with Gasteiger partial charge in [0.25, 0.3) is 0 Å². The van der Waals surface area contributed by atoms with Crippen molar-refractivity contribution in [2.75, 3.05) is 11.9 Å². The van der Waals surface area contributed by atoms with Gasteiger partial charge in [-0.05, 0) is 19.8 Å². The maximum atomic E-state index is 5.95. The number of aromatic nitrogens is 2. The summed E-state index contributed by atoms with van der Waals surface area (Å²) in [5.41, 5.74) is 5.95. The lowest BCUT2D eigenvalue weighted by Crippen LogP contribution is -2.34. The Morgan fingerprint density at radius 1 is 1.29 bits per heavy atom. The van der Waals surface area contributed by atoms with Crippen LogP contribution in [0.3, 0.4) is 0 Å². The molecule has 0 saturated heterocycles. The number of nitrogens with zero attached hydrogens (tertiary/aromatic N) is 2. The molecule has 0 aliphatic heterocycles. The van der Waals surface area contributed by atoms with Gasteiger partial charge in [0.15, 0.2) is 0 Å². The van der Waals surface area contributed by atoms with E-state index in [1.54, 1.807) is 6.07 Å². The fourth-order valence-corrected chi connectivity index (χ4v) is 1.20. The second-order valence-corrected chi connectivity index (χ2v) is 4.70. The molecular weight excluding hydrogens is 216 g/mol. The molecule has 0 aliphatic rings. The molecule has 0 aliphatic carbocycles. The van der Waals surface area contributed by atoms with Crippen molar-refractivity contribution in [3.05, 3.63) is 12.4 Å². The fourth-order valence-electron chi connectivity index (χ4n) is 1.20. The third kappa shape index (κ3) is 4.99. The van der Waals surface area contributed by atoms with Crippen LogP contribution in [0.1, 0.15) is 27.7 Å². The number of rotatable bonds is 6. The summed E-state index contributed by atoms with van der Waals surface area (Å²) >= 11 is 0. The number of ether oxygens (including phenoxy) is 1. The minimum atomic E-state index is 0.107. The largest absolute Gasteiger partial charge is 0.475 e. The first-order valence-corrected chi connectivity index (χ1v) is 5.97. The first-order chi connectivity index (χ1) is 7.99. The Labute approximate surface area is 103 Å². The Kier molecular flexibility index (Phi) is 5.15. The Morgan fingerprint density at radius 2 is 2.00 bits per heavy atom. The monoisotopic (exact) mass is 238 g/mol. The van der Waals surface area contributed by atoms with Crippen LogP contribution in [0.2, 0.25) is 0 Å².